The molecule has 1 aromatic rings. The van der Waals surface area contributed by atoms with Gasteiger partial charge in [-0.1, -0.05) is 0 Å². The minimum atomic E-state index is -0.480. The topological polar surface area (TPSA) is 89.7 Å². The number of hydrogen-bond donors (Lipinski definition) is 2. The molecule has 0 aliphatic carbocycles. The molecule has 1 aliphatic heterocycles. The van der Waals surface area contributed by atoms with Crippen LogP contribution in [0.25, 0.3) is 0 Å². The Labute approximate surface area is 103 Å². The molecule has 94 valence electrons. The lowest BCUT2D eigenvalue weighted by Crippen LogP contribution is -2.40. The smallest absolute Gasteiger partial charge is 0.344 e. The molecule has 0 bridgehead atoms. The number of carbonyl (C=O) groups excluding carboxylic acids is 1. The molecule has 0 unspecified atom stereocenters. The van der Waals surface area contributed by atoms with E-state index in [1.165, 1.54) is 7.11 Å². The Balaban J connectivity index is 2.12. The van der Waals surface area contributed by atoms with E-state index >= 15 is 0 Å². The van der Waals surface area contributed by atoms with E-state index in [0.717, 1.165) is 24.6 Å². The van der Waals surface area contributed by atoms with Gasteiger partial charge >= 0.3 is 5.97 Å². The number of aromatic nitrogens is 1. The number of nitrogens with one attached hydrogen (secondary N) is 1. The van der Waals surface area contributed by atoms with Crippen molar-refractivity contribution in [2.24, 2.45) is 0 Å². The lowest BCUT2D eigenvalue weighted by atomic mass is 10.3. The van der Waals surface area contributed by atoms with Gasteiger partial charge in [-0.05, 0) is 11.5 Å². The summed E-state index contributed by atoms with van der Waals surface area (Å²) in [4.78, 5) is 11.5. The minimum Gasteiger partial charge on any atom is -0.465 e. The third kappa shape index (κ3) is 2.65. The number of nitrogens with two attached hydrogens (primary N) is 1. The highest BCUT2D eigenvalue weighted by Crippen LogP contribution is 2.27. The predicted molar refractivity (Wildman–Crippen MR) is 63.9 cm³/mol. The van der Waals surface area contributed by atoms with Gasteiger partial charge in [-0.2, -0.15) is 4.37 Å². The van der Waals surface area contributed by atoms with Crippen molar-refractivity contribution < 1.29 is 14.3 Å². The second-order valence-electron chi connectivity index (χ2n) is 3.47. The molecule has 7 nitrogen and oxygen atoms in total. The summed E-state index contributed by atoms with van der Waals surface area (Å²) in [6, 6.07) is 0. The summed E-state index contributed by atoms with van der Waals surface area (Å²) in [6.45, 7) is 2.82. The van der Waals surface area contributed by atoms with Crippen molar-refractivity contribution in [1.82, 2.24) is 9.38 Å². The van der Waals surface area contributed by atoms with Gasteiger partial charge in [0.1, 0.15) is 10.6 Å². The zero-order valence-electron chi connectivity index (χ0n) is 9.43. The zero-order chi connectivity index (χ0) is 12.3. The van der Waals surface area contributed by atoms with Gasteiger partial charge in [-0.25, -0.2) is 9.80 Å². The van der Waals surface area contributed by atoms with Gasteiger partial charge in [0.25, 0.3) is 0 Å². The number of hydrogen-bond acceptors (Lipinski definition) is 8. The van der Waals surface area contributed by atoms with Crippen LogP contribution in [-0.4, -0.2) is 48.8 Å². The molecule has 0 spiro atoms. The van der Waals surface area contributed by atoms with Crippen LogP contribution < -0.4 is 11.2 Å². The third-order valence-electron chi connectivity index (χ3n) is 2.38. The quantitative estimate of drug-likeness (QED) is 0.747. The van der Waals surface area contributed by atoms with Crippen molar-refractivity contribution in [2.75, 3.05) is 44.6 Å². The Bertz CT molecular complexity index is 403. The average molecular weight is 258 g/mol. The van der Waals surface area contributed by atoms with Crippen LogP contribution in [-0.2, 0) is 9.47 Å². The second-order valence-corrected chi connectivity index (χ2v) is 4.25. The molecular formula is C9H14N4O3S. The van der Waals surface area contributed by atoms with Gasteiger partial charge in [0.2, 0.25) is 0 Å². The van der Waals surface area contributed by atoms with Crippen LogP contribution in [0.4, 0.5) is 10.8 Å². The first-order valence-electron chi connectivity index (χ1n) is 5.15. The number of methoxy groups -OCH3 is 1. The van der Waals surface area contributed by atoms with Crippen LogP contribution in [0.5, 0.6) is 0 Å². The Morgan fingerprint density at radius 3 is 2.94 bits per heavy atom. The highest BCUT2D eigenvalue weighted by molar-refractivity contribution is 7.11. The van der Waals surface area contributed by atoms with Gasteiger partial charge in [-0.3, -0.25) is 0 Å². The number of rotatable bonds is 3. The minimum absolute atomic E-state index is 0.192. The van der Waals surface area contributed by atoms with Crippen molar-refractivity contribution in [1.29, 1.82) is 0 Å². The van der Waals surface area contributed by atoms with Crippen molar-refractivity contribution in [3.63, 3.8) is 0 Å². The fraction of sp³-hybridized carbons (Fsp3) is 0.556. The molecule has 0 saturated carbocycles. The molecule has 17 heavy (non-hydrogen) atoms. The van der Waals surface area contributed by atoms with Gasteiger partial charge < -0.3 is 20.6 Å². The van der Waals surface area contributed by atoms with E-state index in [1.54, 1.807) is 0 Å². The lowest BCUT2D eigenvalue weighted by Gasteiger charge is -2.27. The Morgan fingerprint density at radius 2 is 2.29 bits per heavy atom. The summed E-state index contributed by atoms with van der Waals surface area (Å²) in [5.41, 5.74) is 9.05. The van der Waals surface area contributed by atoms with Gasteiger partial charge in [-0.15, -0.1) is 0 Å². The summed E-state index contributed by atoms with van der Waals surface area (Å²) in [6.07, 6.45) is 0. The van der Waals surface area contributed by atoms with Gasteiger partial charge in [0, 0.05) is 13.1 Å². The molecule has 1 fully saturated rings. The maximum Gasteiger partial charge on any atom is 0.344 e. The molecule has 0 aromatic carbocycles. The molecule has 0 atom stereocenters. The van der Waals surface area contributed by atoms with Crippen LogP contribution >= 0.6 is 11.5 Å². The van der Waals surface area contributed by atoms with Crippen LogP contribution in [0.15, 0.2) is 0 Å². The summed E-state index contributed by atoms with van der Waals surface area (Å²) in [5, 5.41) is 2.57. The van der Waals surface area contributed by atoms with Crippen molar-refractivity contribution >= 4 is 28.3 Å². The molecule has 2 heterocycles. The van der Waals surface area contributed by atoms with Crippen LogP contribution in [0, 0.1) is 0 Å². The highest BCUT2D eigenvalue weighted by atomic mass is 32.1. The summed E-state index contributed by atoms with van der Waals surface area (Å²) >= 11 is 1.14. The Hall–Kier alpha value is -1.38. The SMILES string of the molecule is COC(=O)c1c(N)nsc1NN1CCOCC1. The van der Waals surface area contributed by atoms with E-state index in [1.807, 2.05) is 5.01 Å². The molecule has 3 N–H and O–H groups in total. The Kier molecular flexibility index (Phi) is 3.77. The number of morpholine rings is 1. The molecule has 1 aromatic heterocycles. The summed E-state index contributed by atoms with van der Waals surface area (Å²) in [5.74, 6) is -0.287. The average Bonchev–Trinajstić information content (AvgIpc) is 2.71. The monoisotopic (exact) mass is 258 g/mol. The van der Waals surface area contributed by atoms with E-state index < -0.39 is 5.97 Å². The fourth-order valence-electron chi connectivity index (χ4n) is 1.50. The first-order valence-corrected chi connectivity index (χ1v) is 5.92. The Morgan fingerprint density at radius 1 is 1.59 bits per heavy atom. The molecule has 1 saturated heterocycles. The van der Waals surface area contributed by atoms with Crippen LogP contribution in [0.1, 0.15) is 10.4 Å². The van der Waals surface area contributed by atoms with E-state index in [9.17, 15) is 4.79 Å². The second kappa shape index (κ2) is 5.30. The largest absolute Gasteiger partial charge is 0.465 e. The maximum absolute atomic E-state index is 11.5. The summed E-state index contributed by atoms with van der Waals surface area (Å²) < 4.78 is 13.9. The van der Waals surface area contributed by atoms with Crippen LogP contribution in [0.2, 0.25) is 0 Å². The number of hydrazine groups is 1. The molecular weight excluding hydrogens is 244 g/mol. The first kappa shape index (κ1) is 12.1. The zero-order valence-corrected chi connectivity index (χ0v) is 10.2. The van der Waals surface area contributed by atoms with E-state index in [0.29, 0.717) is 23.8 Å². The van der Waals surface area contributed by atoms with E-state index in [2.05, 4.69) is 14.5 Å². The fourth-order valence-corrected chi connectivity index (χ4v) is 2.23. The number of nitrogen functional groups attached to an aromatic ring is 1. The van der Waals surface area contributed by atoms with Crippen molar-refractivity contribution in [3.05, 3.63) is 5.56 Å². The number of ether oxygens (including phenoxy) is 2. The van der Waals surface area contributed by atoms with E-state index in [-0.39, 0.29) is 5.82 Å². The standard InChI is InChI=1S/C9H14N4O3S/c1-15-9(14)6-7(10)12-17-8(6)11-13-2-4-16-5-3-13/h11H,2-5H2,1H3,(H2,10,12). The lowest BCUT2D eigenvalue weighted by molar-refractivity contribution is 0.0496. The number of anilines is 2. The van der Waals surface area contributed by atoms with Crippen LogP contribution in [0.3, 0.4) is 0 Å². The van der Waals surface area contributed by atoms with E-state index in [4.69, 9.17) is 10.5 Å². The molecule has 8 heteroatoms. The maximum atomic E-state index is 11.5. The third-order valence-corrected chi connectivity index (χ3v) is 3.14. The van der Waals surface area contributed by atoms with Crippen molar-refractivity contribution in [2.45, 2.75) is 0 Å². The van der Waals surface area contributed by atoms with Gasteiger partial charge in [0.15, 0.2) is 5.82 Å². The number of esters is 1. The molecule has 1 aliphatic rings. The first-order chi connectivity index (χ1) is 8.22. The summed E-state index contributed by atoms with van der Waals surface area (Å²) in [7, 11) is 1.32. The normalized spacial score (nSPS) is 16.8. The molecule has 2 rings (SSSR count). The highest BCUT2D eigenvalue weighted by Gasteiger charge is 2.22. The molecule has 0 amide bonds. The van der Waals surface area contributed by atoms with Gasteiger partial charge in [0.05, 0.1) is 20.3 Å². The number of nitrogens with zero attached hydrogens (tertiary/aromatic N) is 2. The molecule has 0 radical (unpaired) electrons. The van der Waals surface area contributed by atoms with Crippen molar-refractivity contribution in [3.8, 4) is 0 Å². The predicted octanol–water partition coefficient (Wildman–Crippen LogP) is 0.171. The number of carbonyl (C=O) groups is 1.